The van der Waals surface area contributed by atoms with Crippen LogP contribution in [0.3, 0.4) is 0 Å². The minimum absolute atomic E-state index is 0.0634. The van der Waals surface area contributed by atoms with Crippen molar-refractivity contribution in [1.82, 2.24) is 4.98 Å². The lowest BCUT2D eigenvalue weighted by Crippen LogP contribution is -2.08. The number of rotatable bonds is 3. The molecule has 0 aliphatic heterocycles. The lowest BCUT2D eigenvalue weighted by Gasteiger charge is -2.01. The second-order valence-corrected chi connectivity index (χ2v) is 2.67. The summed E-state index contributed by atoms with van der Waals surface area (Å²) in [4.78, 5) is 25.3. The summed E-state index contributed by atoms with van der Waals surface area (Å²) in [6.45, 7) is 1.74. The number of hydrogen-bond acceptors (Lipinski definition) is 3. The van der Waals surface area contributed by atoms with Gasteiger partial charge in [0.05, 0.1) is 11.9 Å². The number of pyridine rings is 1. The van der Waals surface area contributed by atoms with Crippen LogP contribution in [-0.4, -0.2) is 22.0 Å². The molecule has 0 aromatic carbocycles. The fraction of sp³-hybridized carbons (Fsp3) is 0.222. The molecule has 0 spiro atoms. The highest BCUT2D eigenvalue weighted by atomic mass is 16.4. The zero-order valence-electron chi connectivity index (χ0n) is 7.65. The van der Waals surface area contributed by atoms with Crippen LogP contribution in [0.25, 0.3) is 0 Å². The van der Waals surface area contributed by atoms with Crippen molar-refractivity contribution < 1.29 is 14.7 Å². The normalized spacial score (nSPS) is 9.50. The summed E-state index contributed by atoms with van der Waals surface area (Å²) >= 11 is 0. The topological polar surface area (TPSA) is 79.3 Å². The van der Waals surface area contributed by atoms with Crippen LogP contribution in [0, 0.1) is 0 Å². The number of anilines is 1. The number of amides is 1. The number of aromatic nitrogens is 1. The first kappa shape index (κ1) is 10.2. The Morgan fingerprint density at radius 2 is 2.21 bits per heavy atom. The molecule has 5 heteroatoms. The molecular weight excluding hydrogens is 184 g/mol. The lowest BCUT2D eigenvalue weighted by atomic mass is 10.1. The first-order valence-corrected chi connectivity index (χ1v) is 4.11. The number of carbonyl (C=O) groups excluding carboxylic acids is 1. The van der Waals surface area contributed by atoms with Crippen molar-refractivity contribution in [2.45, 2.75) is 13.3 Å². The van der Waals surface area contributed by atoms with Gasteiger partial charge in [0.1, 0.15) is 0 Å². The third-order valence-corrected chi connectivity index (χ3v) is 1.63. The van der Waals surface area contributed by atoms with E-state index in [1.807, 2.05) is 0 Å². The highest BCUT2D eigenvalue weighted by molar-refractivity contribution is 5.97. The second kappa shape index (κ2) is 4.36. The summed E-state index contributed by atoms with van der Waals surface area (Å²) in [5, 5.41) is 10.6. The van der Waals surface area contributed by atoms with Crippen LogP contribution in [0.15, 0.2) is 18.5 Å². The van der Waals surface area contributed by atoms with Crippen molar-refractivity contribution in [3.63, 3.8) is 0 Å². The van der Waals surface area contributed by atoms with Crippen molar-refractivity contribution in [2.75, 3.05) is 5.32 Å². The molecular formula is C9H10N2O3. The van der Waals surface area contributed by atoms with E-state index in [0.29, 0.717) is 17.7 Å². The maximum absolute atomic E-state index is 11.2. The van der Waals surface area contributed by atoms with Gasteiger partial charge in [-0.1, -0.05) is 6.92 Å². The molecule has 1 rings (SSSR count). The Morgan fingerprint density at radius 1 is 1.50 bits per heavy atom. The smallest absolute Gasteiger partial charge is 0.409 e. The van der Waals surface area contributed by atoms with E-state index in [4.69, 9.17) is 5.11 Å². The number of nitrogens with zero attached hydrogens (tertiary/aromatic N) is 1. The Balaban J connectivity index is 2.89. The number of carbonyl (C=O) groups is 2. The molecule has 0 atom stereocenters. The third-order valence-electron chi connectivity index (χ3n) is 1.63. The quantitative estimate of drug-likeness (QED) is 0.718. The Bertz CT molecular complexity index is 363. The van der Waals surface area contributed by atoms with E-state index in [-0.39, 0.29) is 5.78 Å². The number of hydrogen-bond donors (Lipinski definition) is 2. The van der Waals surface area contributed by atoms with Gasteiger partial charge in [0.2, 0.25) is 0 Å². The molecule has 0 unspecified atom stereocenters. The van der Waals surface area contributed by atoms with Gasteiger partial charge in [0.25, 0.3) is 0 Å². The summed E-state index contributed by atoms with van der Waals surface area (Å²) in [6.07, 6.45) is 1.96. The highest BCUT2D eigenvalue weighted by Crippen LogP contribution is 2.09. The maximum Gasteiger partial charge on any atom is 0.409 e. The molecule has 5 nitrogen and oxygen atoms in total. The van der Waals surface area contributed by atoms with Gasteiger partial charge in [-0.25, -0.2) is 4.79 Å². The Labute approximate surface area is 80.8 Å². The Morgan fingerprint density at radius 3 is 2.79 bits per heavy atom. The van der Waals surface area contributed by atoms with Gasteiger partial charge in [-0.15, -0.1) is 0 Å². The van der Waals surface area contributed by atoms with Crippen LogP contribution >= 0.6 is 0 Å². The van der Waals surface area contributed by atoms with E-state index in [2.05, 4.69) is 10.3 Å². The van der Waals surface area contributed by atoms with E-state index in [0.717, 1.165) is 0 Å². The minimum Gasteiger partial charge on any atom is -0.465 e. The van der Waals surface area contributed by atoms with Crippen LogP contribution in [-0.2, 0) is 0 Å². The third kappa shape index (κ3) is 2.55. The van der Waals surface area contributed by atoms with E-state index in [1.54, 1.807) is 6.92 Å². The first-order valence-electron chi connectivity index (χ1n) is 4.11. The van der Waals surface area contributed by atoms with E-state index in [1.165, 1.54) is 18.5 Å². The Kier molecular flexibility index (Phi) is 3.17. The number of ketones is 1. The molecule has 1 aromatic rings. The molecule has 1 aromatic heterocycles. The first-order chi connectivity index (χ1) is 6.63. The average molecular weight is 194 g/mol. The van der Waals surface area contributed by atoms with Crippen molar-refractivity contribution in [3.05, 3.63) is 24.0 Å². The van der Waals surface area contributed by atoms with Crippen molar-refractivity contribution in [2.24, 2.45) is 0 Å². The van der Waals surface area contributed by atoms with Crippen LogP contribution in [0.2, 0.25) is 0 Å². The summed E-state index contributed by atoms with van der Waals surface area (Å²) in [5.74, 6) is -0.0634. The Hall–Kier alpha value is -1.91. The van der Waals surface area contributed by atoms with Gasteiger partial charge in [0, 0.05) is 18.2 Å². The molecule has 1 heterocycles. The molecule has 14 heavy (non-hydrogen) atoms. The van der Waals surface area contributed by atoms with Gasteiger partial charge < -0.3 is 5.11 Å². The second-order valence-electron chi connectivity index (χ2n) is 2.67. The van der Waals surface area contributed by atoms with E-state index in [9.17, 15) is 9.59 Å². The van der Waals surface area contributed by atoms with Crippen LogP contribution < -0.4 is 5.32 Å². The zero-order chi connectivity index (χ0) is 10.6. The molecule has 2 N–H and O–H groups in total. The minimum atomic E-state index is -1.17. The summed E-state index contributed by atoms with van der Waals surface area (Å²) < 4.78 is 0. The number of carboxylic acid groups (broad SMARTS) is 1. The molecule has 0 aliphatic carbocycles. The van der Waals surface area contributed by atoms with E-state index < -0.39 is 6.09 Å². The predicted octanol–water partition coefficient (Wildman–Crippen LogP) is 1.76. The summed E-state index contributed by atoms with van der Waals surface area (Å²) in [5.41, 5.74) is 0.718. The van der Waals surface area contributed by atoms with Gasteiger partial charge in [-0.2, -0.15) is 0 Å². The SMILES string of the molecule is CCC(=O)c1cncc(NC(=O)O)c1. The maximum atomic E-state index is 11.2. The zero-order valence-corrected chi connectivity index (χ0v) is 7.65. The monoisotopic (exact) mass is 194 g/mol. The molecule has 0 fully saturated rings. The number of Topliss-reactive ketones (excluding diaryl/α,β-unsaturated/α-hetero) is 1. The van der Waals surface area contributed by atoms with Crippen LogP contribution in [0.5, 0.6) is 0 Å². The molecule has 0 saturated carbocycles. The fourth-order valence-electron chi connectivity index (χ4n) is 0.988. The van der Waals surface area contributed by atoms with Crippen molar-refractivity contribution >= 4 is 17.6 Å². The van der Waals surface area contributed by atoms with Crippen LogP contribution in [0.4, 0.5) is 10.5 Å². The molecule has 0 radical (unpaired) electrons. The van der Waals surface area contributed by atoms with E-state index >= 15 is 0 Å². The molecule has 0 aliphatic rings. The highest BCUT2D eigenvalue weighted by Gasteiger charge is 2.05. The fourth-order valence-corrected chi connectivity index (χ4v) is 0.988. The van der Waals surface area contributed by atoms with Crippen LogP contribution in [0.1, 0.15) is 23.7 Å². The van der Waals surface area contributed by atoms with Crippen molar-refractivity contribution in [3.8, 4) is 0 Å². The lowest BCUT2D eigenvalue weighted by molar-refractivity contribution is 0.0987. The molecule has 0 saturated heterocycles. The predicted molar refractivity (Wildman–Crippen MR) is 50.5 cm³/mol. The average Bonchev–Trinajstić information content (AvgIpc) is 2.16. The molecule has 74 valence electrons. The largest absolute Gasteiger partial charge is 0.465 e. The summed E-state index contributed by atoms with van der Waals surface area (Å²) in [6, 6.07) is 1.47. The van der Waals surface area contributed by atoms with Gasteiger partial charge in [-0.3, -0.25) is 15.1 Å². The summed E-state index contributed by atoms with van der Waals surface area (Å²) in [7, 11) is 0. The van der Waals surface area contributed by atoms with Gasteiger partial charge in [0.15, 0.2) is 5.78 Å². The molecule has 1 amide bonds. The van der Waals surface area contributed by atoms with Crippen molar-refractivity contribution in [1.29, 1.82) is 0 Å². The molecule has 0 bridgehead atoms. The number of nitrogens with one attached hydrogen (secondary N) is 1. The van der Waals surface area contributed by atoms with Gasteiger partial charge >= 0.3 is 6.09 Å². The van der Waals surface area contributed by atoms with Gasteiger partial charge in [-0.05, 0) is 6.07 Å². The standard InChI is InChI=1S/C9H10N2O3/c1-2-8(12)6-3-7(5-10-4-6)11-9(13)14/h3-5,11H,2H2,1H3,(H,13,14).